The first-order valence-electron chi connectivity index (χ1n) is 4.83. The number of unbranched alkanes of at least 4 members (excludes halogenated alkanes) is 1. The molecule has 0 nitrogen and oxygen atoms in total. The van der Waals surface area contributed by atoms with Crippen molar-refractivity contribution < 1.29 is 0 Å². The fraction of sp³-hybridized carbons (Fsp3) is 0.818. The van der Waals surface area contributed by atoms with Crippen LogP contribution in [-0.4, -0.2) is 0 Å². The van der Waals surface area contributed by atoms with E-state index in [0.29, 0.717) is 0 Å². The Bertz CT molecular complexity index is 101. The average Bonchev–Trinajstić information content (AvgIpc) is 1.97. The van der Waals surface area contributed by atoms with Gasteiger partial charge in [-0.3, -0.25) is 0 Å². The molecule has 0 aromatic carbocycles. The first kappa shape index (κ1) is 10.7. The topological polar surface area (TPSA) is 0 Å². The minimum Gasteiger partial charge on any atom is -0.0885 e. The summed E-state index contributed by atoms with van der Waals surface area (Å²) in [4.78, 5) is 0. The van der Waals surface area contributed by atoms with Gasteiger partial charge in [-0.1, -0.05) is 46.3 Å². The van der Waals surface area contributed by atoms with Crippen molar-refractivity contribution in [1.82, 2.24) is 0 Å². The molecule has 66 valence electrons. The summed E-state index contributed by atoms with van der Waals surface area (Å²) >= 11 is 0. The van der Waals surface area contributed by atoms with Crippen LogP contribution in [0.25, 0.3) is 0 Å². The molecular formula is C11H22. The van der Waals surface area contributed by atoms with E-state index in [4.69, 9.17) is 0 Å². The Kier molecular flexibility index (Phi) is 6.30. The molecule has 0 aromatic heterocycles. The van der Waals surface area contributed by atoms with E-state index in [1.807, 2.05) is 0 Å². The van der Waals surface area contributed by atoms with E-state index in [1.54, 1.807) is 0 Å². The Balaban J connectivity index is 3.36. The molecule has 0 heteroatoms. The molecule has 0 rings (SSSR count). The lowest BCUT2D eigenvalue weighted by molar-refractivity contribution is 0.424. The van der Waals surface area contributed by atoms with Crippen molar-refractivity contribution >= 4 is 0 Å². The standard InChI is InChI=1S/C11H22/c1-5-6-7-8-9-11(4)10(2)3/h7-8,10-11H,5-6,9H2,1-4H3/b8-7+. The lowest BCUT2D eigenvalue weighted by Gasteiger charge is -2.11. The van der Waals surface area contributed by atoms with E-state index in [9.17, 15) is 0 Å². The van der Waals surface area contributed by atoms with Gasteiger partial charge >= 0.3 is 0 Å². The van der Waals surface area contributed by atoms with E-state index in [0.717, 1.165) is 11.8 Å². The Hall–Kier alpha value is -0.260. The summed E-state index contributed by atoms with van der Waals surface area (Å²) in [5, 5.41) is 0. The van der Waals surface area contributed by atoms with Gasteiger partial charge in [0.25, 0.3) is 0 Å². The van der Waals surface area contributed by atoms with Gasteiger partial charge < -0.3 is 0 Å². The molecule has 0 amide bonds. The van der Waals surface area contributed by atoms with E-state index >= 15 is 0 Å². The van der Waals surface area contributed by atoms with Gasteiger partial charge in [0.1, 0.15) is 0 Å². The summed E-state index contributed by atoms with van der Waals surface area (Å²) in [5.41, 5.74) is 0. The van der Waals surface area contributed by atoms with Gasteiger partial charge in [-0.05, 0) is 24.7 Å². The molecule has 0 aromatic rings. The normalized spacial score (nSPS) is 14.6. The molecule has 0 N–H and O–H groups in total. The van der Waals surface area contributed by atoms with Crippen LogP contribution in [0.15, 0.2) is 12.2 Å². The highest BCUT2D eigenvalue weighted by molar-refractivity contribution is 4.83. The molecule has 0 aliphatic heterocycles. The first-order chi connectivity index (χ1) is 5.18. The van der Waals surface area contributed by atoms with Crippen LogP contribution in [0.3, 0.4) is 0 Å². The quantitative estimate of drug-likeness (QED) is 0.524. The van der Waals surface area contributed by atoms with Crippen LogP contribution in [0.4, 0.5) is 0 Å². The van der Waals surface area contributed by atoms with E-state index in [2.05, 4.69) is 39.8 Å². The van der Waals surface area contributed by atoms with E-state index in [-0.39, 0.29) is 0 Å². The molecule has 0 saturated heterocycles. The highest BCUT2D eigenvalue weighted by Crippen LogP contribution is 2.14. The van der Waals surface area contributed by atoms with Crippen LogP contribution in [0.2, 0.25) is 0 Å². The maximum Gasteiger partial charge on any atom is -0.0322 e. The summed E-state index contributed by atoms with van der Waals surface area (Å²) in [7, 11) is 0. The molecular weight excluding hydrogens is 132 g/mol. The number of rotatable bonds is 5. The lowest BCUT2D eigenvalue weighted by Crippen LogP contribution is -2.01. The second-order valence-electron chi connectivity index (χ2n) is 3.72. The fourth-order valence-electron chi connectivity index (χ4n) is 0.868. The highest BCUT2D eigenvalue weighted by Gasteiger charge is 2.03. The highest BCUT2D eigenvalue weighted by atomic mass is 14.1. The molecule has 0 saturated carbocycles. The number of hydrogen-bond donors (Lipinski definition) is 0. The number of allylic oxidation sites excluding steroid dienone is 2. The van der Waals surface area contributed by atoms with Crippen LogP contribution >= 0.6 is 0 Å². The van der Waals surface area contributed by atoms with Crippen LogP contribution < -0.4 is 0 Å². The zero-order valence-electron chi connectivity index (χ0n) is 8.43. The molecule has 1 unspecified atom stereocenters. The van der Waals surface area contributed by atoms with Gasteiger partial charge in [0.15, 0.2) is 0 Å². The minimum absolute atomic E-state index is 0.821. The van der Waals surface area contributed by atoms with Gasteiger partial charge in [-0.25, -0.2) is 0 Å². The SMILES string of the molecule is CCC/C=C/CC(C)C(C)C. The zero-order chi connectivity index (χ0) is 8.69. The summed E-state index contributed by atoms with van der Waals surface area (Å²) in [6.45, 7) is 9.12. The molecule has 0 radical (unpaired) electrons. The maximum atomic E-state index is 2.33. The van der Waals surface area contributed by atoms with Crippen molar-refractivity contribution in [1.29, 1.82) is 0 Å². The van der Waals surface area contributed by atoms with Gasteiger partial charge in [0, 0.05) is 0 Å². The molecule has 0 aliphatic carbocycles. The second-order valence-corrected chi connectivity index (χ2v) is 3.72. The Morgan fingerprint density at radius 3 is 2.18 bits per heavy atom. The monoisotopic (exact) mass is 154 g/mol. The predicted molar refractivity (Wildman–Crippen MR) is 52.7 cm³/mol. The molecule has 0 bridgehead atoms. The van der Waals surface area contributed by atoms with Crippen molar-refractivity contribution in [3.63, 3.8) is 0 Å². The Morgan fingerprint density at radius 2 is 1.73 bits per heavy atom. The first-order valence-corrected chi connectivity index (χ1v) is 4.83. The van der Waals surface area contributed by atoms with Gasteiger partial charge in [-0.15, -0.1) is 0 Å². The molecule has 0 heterocycles. The largest absolute Gasteiger partial charge is 0.0885 e. The Morgan fingerprint density at radius 1 is 1.09 bits per heavy atom. The van der Waals surface area contributed by atoms with Crippen LogP contribution in [0.5, 0.6) is 0 Å². The maximum absolute atomic E-state index is 2.33. The summed E-state index contributed by atoms with van der Waals surface area (Å²) in [6.07, 6.45) is 8.39. The average molecular weight is 154 g/mol. The smallest absolute Gasteiger partial charge is 0.0322 e. The van der Waals surface area contributed by atoms with Crippen LogP contribution in [-0.2, 0) is 0 Å². The van der Waals surface area contributed by atoms with Gasteiger partial charge in [0.2, 0.25) is 0 Å². The Labute approximate surface area is 71.7 Å². The molecule has 0 fully saturated rings. The third-order valence-corrected chi connectivity index (χ3v) is 2.27. The molecule has 11 heavy (non-hydrogen) atoms. The van der Waals surface area contributed by atoms with Crippen molar-refractivity contribution in [2.24, 2.45) is 11.8 Å². The van der Waals surface area contributed by atoms with E-state index in [1.165, 1.54) is 19.3 Å². The van der Waals surface area contributed by atoms with Gasteiger partial charge in [-0.2, -0.15) is 0 Å². The van der Waals surface area contributed by atoms with Crippen molar-refractivity contribution in [3.05, 3.63) is 12.2 Å². The molecule has 0 aliphatic rings. The molecule has 0 spiro atoms. The fourth-order valence-corrected chi connectivity index (χ4v) is 0.868. The number of hydrogen-bond acceptors (Lipinski definition) is 0. The van der Waals surface area contributed by atoms with Gasteiger partial charge in [0.05, 0.1) is 0 Å². The summed E-state index contributed by atoms with van der Waals surface area (Å²) in [5.74, 6) is 1.66. The van der Waals surface area contributed by atoms with Crippen LogP contribution in [0.1, 0.15) is 47.0 Å². The van der Waals surface area contributed by atoms with Crippen molar-refractivity contribution in [2.45, 2.75) is 47.0 Å². The van der Waals surface area contributed by atoms with Crippen LogP contribution in [0, 0.1) is 11.8 Å². The lowest BCUT2D eigenvalue weighted by atomic mass is 9.94. The van der Waals surface area contributed by atoms with Crippen molar-refractivity contribution in [3.8, 4) is 0 Å². The third kappa shape index (κ3) is 6.15. The van der Waals surface area contributed by atoms with E-state index < -0.39 is 0 Å². The second kappa shape index (κ2) is 6.45. The molecule has 1 atom stereocenters. The predicted octanol–water partition coefficient (Wildman–Crippen LogP) is 4.02. The zero-order valence-corrected chi connectivity index (χ0v) is 8.43. The third-order valence-electron chi connectivity index (χ3n) is 2.27. The minimum atomic E-state index is 0.821. The summed E-state index contributed by atoms with van der Waals surface area (Å²) < 4.78 is 0. The van der Waals surface area contributed by atoms with Crippen molar-refractivity contribution in [2.75, 3.05) is 0 Å². The summed E-state index contributed by atoms with van der Waals surface area (Å²) in [6, 6.07) is 0.